The highest BCUT2D eigenvalue weighted by Gasteiger charge is 2.19. The van der Waals surface area contributed by atoms with E-state index in [0.717, 1.165) is 54.2 Å². The predicted molar refractivity (Wildman–Crippen MR) is 101 cm³/mol. The molecule has 0 amide bonds. The van der Waals surface area contributed by atoms with Crippen LogP contribution in [0.25, 0.3) is 0 Å². The molecular formula is C17H22ClN5S. The summed E-state index contributed by atoms with van der Waals surface area (Å²) in [5.41, 5.74) is 1.11. The number of aryl methyl sites for hydroxylation is 1. The Bertz CT molecular complexity index is 774. The third-order valence-electron chi connectivity index (χ3n) is 4.32. The Hall–Kier alpha value is -1.63. The molecule has 0 atom stereocenters. The van der Waals surface area contributed by atoms with Crippen LogP contribution in [-0.2, 0) is 13.2 Å². The molecule has 0 aliphatic carbocycles. The van der Waals surface area contributed by atoms with Gasteiger partial charge in [-0.3, -0.25) is 4.90 Å². The largest absolute Gasteiger partial charge is 0.368 e. The van der Waals surface area contributed by atoms with E-state index in [2.05, 4.69) is 27.5 Å². The summed E-state index contributed by atoms with van der Waals surface area (Å²) in [5.74, 6) is 0.926. The third kappa shape index (κ3) is 3.55. The van der Waals surface area contributed by atoms with E-state index >= 15 is 0 Å². The molecular weight excluding hydrogens is 342 g/mol. The van der Waals surface area contributed by atoms with E-state index < -0.39 is 0 Å². The van der Waals surface area contributed by atoms with Gasteiger partial charge < -0.3 is 9.47 Å². The van der Waals surface area contributed by atoms with Crippen LogP contribution in [0.2, 0.25) is 5.02 Å². The molecule has 1 aliphatic heterocycles. The minimum absolute atomic E-state index is 0.699. The summed E-state index contributed by atoms with van der Waals surface area (Å²) >= 11 is 11.8. The zero-order chi connectivity index (χ0) is 17.1. The Morgan fingerprint density at radius 3 is 2.62 bits per heavy atom. The molecule has 2 heterocycles. The number of allylic oxidation sites excluding steroid dienone is 1. The minimum Gasteiger partial charge on any atom is -0.368 e. The standard InChI is InChI=1S/C17H22ClN5S/c1-3-8-22-14(2)19-23(17(22)24)13-20-9-11-21(12-10-20)16-7-5-4-6-15(16)18/h3-7H,1,8-13H2,2H3. The van der Waals surface area contributed by atoms with Crippen molar-refractivity contribution in [1.82, 2.24) is 19.2 Å². The Kier molecular flexibility index (Phi) is 5.38. The SMILES string of the molecule is C=CCn1c(C)nn(CN2CCN(c3ccccc3Cl)CC2)c1=S. The van der Waals surface area contributed by atoms with Crippen molar-refractivity contribution < 1.29 is 0 Å². The van der Waals surface area contributed by atoms with Crippen molar-refractivity contribution >= 4 is 29.5 Å². The summed E-state index contributed by atoms with van der Waals surface area (Å²) in [5, 5.41) is 5.38. The minimum atomic E-state index is 0.699. The van der Waals surface area contributed by atoms with Crippen LogP contribution in [0.15, 0.2) is 36.9 Å². The van der Waals surface area contributed by atoms with Crippen LogP contribution in [0.1, 0.15) is 5.82 Å². The number of hydrogen-bond donors (Lipinski definition) is 0. The van der Waals surface area contributed by atoms with Crippen molar-refractivity contribution in [3.8, 4) is 0 Å². The number of piperazine rings is 1. The average Bonchev–Trinajstić information content (AvgIpc) is 2.84. The summed E-state index contributed by atoms with van der Waals surface area (Å²) in [6.45, 7) is 11.0. The monoisotopic (exact) mass is 363 g/mol. The van der Waals surface area contributed by atoms with Gasteiger partial charge in [0.1, 0.15) is 5.82 Å². The van der Waals surface area contributed by atoms with Gasteiger partial charge in [-0.1, -0.05) is 29.8 Å². The summed E-state index contributed by atoms with van der Waals surface area (Å²) in [6.07, 6.45) is 1.84. The summed E-state index contributed by atoms with van der Waals surface area (Å²) in [7, 11) is 0. The molecule has 0 N–H and O–H groups in total. The van der Waals surface area contributed by atoms with Crippen LogP contribution in [0.4, 0.5) is 5.69 Å². The molecule has 0 spiro atoms. The van der Waals surface area contributed by atoms with Crippen LogP contribution in [0, 0.1) is 11.7 Å². The van der Waals surface area contributed by atoms with Crippen LogP contribution in [0.5, 0.6) is 0 Å². The Morgan fingerprint density at radius 2 is 1.96 bits per heavy atom. The van der Waals surface area contributed by atoms with Gasteiger partial charge in [-0.05, 0) is 31.3 Å². The number of aromatic nitrogens is 3. The molecule has 2 aromatic rings. The average molecular weight is 364 g/mol. The fourth-order valence-corrected chi connectivity index (χ4v) is 3.57. The maximum Gasteiger partial charge on any atom is 0.199 e. The maximum absolute atomic E-state index is 6.30. The van der Waals surface area contributed by atoms with Crippen molar-refractivity contribution in [3.05, 3.63) is 52.5 Å². The predicted octanol–water partition coefficient (Wildman–Crippen LogP) is 3.34. The van der Waals surface area contributed by atoms with E-state index in [1.165, 1.54) is 0 Å². The number of anilines is 1. The molecule has 1 fully saturated rings. The number of hydrogen-bond acceptors (Lipinski definition) is 4. The second kappa shape index (κ2) is 7.51. The zero-order valence-corrected chi connectivity index (χ0v) is 15.4. The van der Waals surface area contributed by atoms with Crippen molar-refractivity contribution in [2.75, 3.05) is 31.1 Å². The van der Waals surface area contributed by atoms with E-state index in [4.69, 9.17) is 23.8 Å². The molecule has 1 aliphatic rings. The zero-order valence-electron chi connectivity index (χ0n) is 13.9. The number of para-hydroxylation sites is 1. The highest BCUT2D eigenvalue weighted by molar-refractivity contribution is 7.71. The molecule has 0 bridgehead atoms. The molecule has 0 radical (unpaired) electrons. The van der Waals surface area contributed by atoms with Crippen LogP contribution in [0.3, 0.4) is 0 Å². The van der Waals surface area contributed by atoms with Crippen molar-refractivity contribution in [1.29, 1.82) is 0 Å². The lowest BCUT2D eigenvalue weighted by Gasteiger charge is -2.36. The quantitative estimate of drug-likeness (QED) is 0.602. The topological polar surface area (TPSA) is 29.2 Å². The first-order chi connectivity index (χ1) is 11.6. The molecule has 1 aromatic heterocycles. The molecule has 3 rings (SSSR count). The van der Waals surface area contributed by atoms with E-state index in [0.29, 0.717) is 6.54 Å². The van der Waals surface area contributed by atoms with Gasteiger partial charge in [-0.2, -0.15) is 5.10 Å². The Morgan fingerprint density at radius 1 is 1.25 bits per heavy atom. The lowest BCUT2D eigenvalue weighted by molar-refractivity contribution is 0.194. The Labute approximate surface area is 152 Å². The molecule has 128 valence electrons. The maximum atomic E-state index is 6.30. The number of benzene rings is 1. The lowest BCUT2D eigenvalue weighted by atomic mass is 10.2. The van der Waals surface area contributed by atoms with Gasteiger partial charge in [0.2, 0.25) is 0 Å². The first kappa shape index (κ1) is 17.2. The van der Waals surface area contributed by atoms with E-state index in [9.17, 15) is 0 Å². The molecule has 1 aromatic carbocycles. The molecule has 7 heteroatoms. The van der Waals surface area contributed by atoms with Crippen molar-refractivity contribution in [2.24, 2.45) is 0 Å². The smallest absolute Gasteiger partial charge is 0.199 e. The summed E-state index contributed by atoms with van der Waals surface area (Å²) in [6, 6.07) is 8.01. The first-order valence-corrected chi connectivity index (χ1v) is 8.85. The van der Waals surface area contributed by atoms with E-state index in [-0.39, 0.29) is 0 Å². The second-order valence-electron chi connectivity index (χ2n) is 5.93. The number of halogens is 1. The number of rotatable bonds is 5. The van der Waals surface area contributed by atoms with Crippen molar-refractivity contribution in [3.63, 3.8) is 0 Å². The normalized spacial score (nSPS) is 15.7. The Balaban J connectivity index is 1.64. The fourth-order valence-electron chi connectivity index (χ4n) is 3.01. The van der Waals surface area contributed by atoms with Gasteiger partial charge in [0.15, 0.2) is 4.77 Å². The van der Waals surface area contributed by atoms with Crippen LogP contribution < -0.4 is 4.90 Å². The first-order valence-electron chi connectivity index (χ1n) is 8.07. The van der Waals surface area contributed by atoms with Crippen molar-refractivity contribution in [2.45, 2.75) is 20.1 Å². The third-order valence-corrected chi connectivity index (χ3v) is 5.07. The van der Waals surface area contributed by atoms with Gasteiger partial charge in [0.25, 0.3) is 0 Å². The van der Waals surface area contributed by atoms with Gasteiger partial charge in [-0.25, -0.2) is 4.68 Å². The molecule has 0 unspecified atom stereocenters. The summed E-state index contributed by atoms with van der Waals surface area (Å²) < 4.78 is 4.66. The lowest BCUT2D eigenvalue weighted by Crippen LogP contribution is -2.47. The van der Waals surface area contributed by atoms with E-state index in [1.807, 2.05) is 40.4 Å². The van der Waals surface area contributed by atoms with Crippen LogP contribution in [-0.4, -0.2) is 45.4 Å². The van der Waals surface area contributed by atoms with Gasteiger partial charge in [0.05, 0.1) is 17.4 Å². The molecule has 24 heavy (non-hydrogen) atoms. The van der Waals surface area contributed by atoms with Gasteiger partial charge >= 0.3 is 0 Å². The van der Waals surface area contributed by atoms with Gasteiger partial charge in [-0.15, -0.1) is 6.58 Å². The summed E-state index contributed by atoms with van der Waals surface area (Å²) in [4.78, 5) is 4.70. The molecule has 0 saturated carbocycles. The number of nitrogens with zero attached hydrogens (tertiary/aromatic N) is 5. The second-order valence-corrected chi connectivity index (χ2v) is 6.70. The molecule has 1 saturated heterocycles. The fraction of sp³-hybridized carbons (Fsp3) is 0.412. The highest BCUT2D eigenvalue weighted by Crippen LogP contribution is 2.26. The highest BCUT2D eigenvalue weighted by atomic mass is 35.5. The van der Waals surface area contributed by atoms with Gasteiger partial charge in [0, 0.05) is 32.7 Å². The van der Waals surface area contributed by atoms with E-state index in [1.54, 1.807) is 0 Å². The molecule has 5 nitrogen and oxygen atoms in total. The van der Waals surface area contributed by atoms with Crippen LogP contribution >= 0.6 is 23.8 Å².